The van der Waals surface area contributed by atoms with Crippen molar-refractivity contribution in [2.45, 2.75) is 18.3 Å². The molecule has 3 rings (SSSR count). The number of carbonyl (C=O) groups excluding carboxylic acids is 4. The molecule has 180 valence electrons. The molecule has 1 unspecified atom stereocenters. The second-order valence-corrected chi connectivity index (χ2v) is 8.67. The monoisotopic (exact) mass is 532 g/mol. The average Bonchev–Trinajstić information content (AvgIpc) is 3.23. The normalized spacial score (nSPS) is 18.9. The molecular weight excluding hydrogens is 515 g/mol. The number of hydrogen-bond donors (Lipinski definition) is 2. The van der Waals surface area contributed by atoms with Crippen molar-refractivity contribution in [3.05, 3.63) is 32.8 Å². The number of carbonyl (C=O) groups is 4. The Bertz CT molecular complexity index is 1130. The maximum absolute atomic E-state index is 12.9. The minimum absolute atomic E-state index is 0. The number of oxime groups is 1. The molecule has 0 spiro atoms. The first-order valence-corrected chi connectivity index (χ1v) is 11.4. The number of aliphatic carboxylic acids is 1. The molecule has 2 atom stereocenters. The number of rotatable bonds is 10. The summed E-state index contributed by atoms with van der Waals surface area (Å²) < 4.78 is 4.86. The molecule has 0 aromatic carbocycles. The number of nitrogens with two attached hydrogens (primary N) is 1. The number of amides is 2. The van der Waals surface area contributed by atoms with Crippen molar-refractivity contribution in [2.75, 3.05) is 31.2 Å². The van der Waals surface area contributed by atoms with Crippen LogP contribution < -0.4 is 45.7 Å². The van der Waals surface area contributed by atoms with E-state index in [1.54, 1.807) is 0 Å². The molecule has 2 aliphatic rings. The number of nitrogen functional groups attached to an aromatic ring is 1. The molecule has 0 bridgehead atoms. The third-order valence-corrected chi connectivity index (χ3v) is 6.47. The number of azide groups is 1. The Morgan fingerprint density at radius 1 is 1.46 bits per heavy atom. The number of thiazole rings is 1. The molecular formula is C17H17N8NaO7S2. The molecule has 1 saturated heterocycles. The second kappa shape index (κ2) is 12.8. The van der Waals surface area contributed by atoms with E-state index in [1.807, 2.05) is 0 Å². The predicted octanol–water partition coefficient (Wildman–Crippen LogP) is -4.27. The standard InChI is InChI=1S/C17H18N8O7S2.Na/c1-7(26)31-4-8-5-33-15-11(14(28)25(15)12(8)16(29)30)22-13(27)10(9-6-34-17(18)21-9)23-32-3-2-20-24-19;/h6,11,15H,2-5H2,1H3,(H2,18,21)(H,22,27)(H,29,30);/q;+1/p-1/t11?,15-;/m1./s1. The number of nitrogens with zero attached hydrogens (tertiary/aromatic N) is 6. The van der Waals surface area contributed by atoms with Gasteiger partial charge < -0.3 is 30.5 Å². The summed E-state index contributed by atoms with van der Waals surface area (Å²) >= 11 is 2.24. The van der Waals surface area contributed by atoms with Crippen molar-refractivity contribution in [3.8, 4) is 0 Å². The number of hydrogen-bond acceptors (Lipinski definition) is 13. The van der Waals surface area contributed by atoms with E-state index in [0.717, 1.165) is 16.2 Å². The van der Waals surface area contributed by atoms with Gasteiger partial charge in [-0.2, -0.15) is 0 Å². The van der Waals surface area contributed by atoms with Crippen LogP contribution in [0.1, 0.15) is 12.6 Å². The Morgan fingerprint density at radius 3 is 2.80 bits per heavy atom. The van der Waals surface area contributed by atoms with E-state index < -0.39 is 35.2 Å². The fourth-order valence-corrected chi connectivity index (χ4v) is 4.89. The van der Waals surface area contributed by atoms with Crippen molar-refractivity contribution in [1.29, 1.82) is 0 Å². The molecule has 0 aliphatic carbocycles. The number of ether oxygens (including phenoxy) is 1. The van der Waals surface area contributed by atoms with E-state index in [0.29, 0.717) is 0 Å². The summed E-state index contributed by atoms with van der Waals surface area (Å²) in [6.45, 7) is 0.735. The fourth-order valence-electron chi connectivity index (χ4n) is 3.02. The molecule has 18 heteroatoms. The molecule has 2 aliphatic heterocycles. The van der Waals surface area contributed by atoms with Gasteiger partial charge in [-0.3, -0.25) is 19.3 Å². The van der Waals surface area contributed by atoms with Gasteiger partial charge in [0.25, 0.3) is 11.8 Å². The number of β-lactam (4-membered cyclic amide) rings is 1. The molecule has 2 amide bonds. The number of thioether (sulfide) groups is 1. The minimum Gasteiger partial charge on any atom is -0.543 e. The Balaban J connectivity index is 0.00000432. The maximum atomic E-state index is 12.9. The molecule has 3 N–H and O–H groups in total. The summed E-state index contributed by atoms with van der Waals surface area (Å²) in [7, 11) is 0. The zero-order valence-corrected chi connectivity index (χ0v) is 22.1. The zero-order chi connectivity index (χ0) is 24.8. The first kappa shape index (κ1) is 28.4. The van der Waals surface area contributed by atoms with Gasteiger partial charge in [0.05, 0.1) is 18.2 Å². The van der Waals surface area contributed by atoms with E-state index in [9.17, 15) is 24.3 Å². The third kappa shape index (κ3) is 6.65. The van der Waals surface area contributed by atoms with E-state index >= 15 is 0 Å². The number of anilines is 1. The van der Waals surface area contributed by atoms with Crippen molar-refractivity contribution < 1.29 is 63.4 Å². The number of esters is 1. The maximum Gasteiger partial charge on any atom is 1.00 e. The summed E-state index contributed by atoms with van der Waals surface area (Å²) in [5.74, 6) is -3.56. The molecule has 1 fully saturated rings. The van der Waals surface area contributed by atoms with Crippen molar-refractivity contribution >= 4 is 57.7 Å². The first-order chi connectivity index (χ1) is 16.2. The van der Waals surface area contributed by atoms with Crippen molar-refractivity contribution in [3.63, 3.8) is 0 Å². The van der Waals surface area contributed by atoms with Gasteiger partial charge >= 0.3 is 35.5 Å². The largest absolute Gasteiger partial charge is 1.00 e. The van der Waals surface area contributed by atoms with Crippen molar-refractivity contribution in [2.24, 2.45) is 10.3 Å². The van der Waals surface area contributed by atoms with Crippen LogP contribution in [0.3, 0.4) is 0 Å². The van der Waals surface area contributed by atoms with Crippen LogP contribution >= 0.6 is 23.1 Å². The van der Waals surface area contributed by atoms with Gasteiger partial charge in [0.1, 0.15) is 30.3 Å². The van der Waals surface area contributed by atoms with Gasteiger partial charge in [-0.25, -0.2) is 4.98 Å². The second-order valence-electron chi connectivity index (χ2n) is 6.68. The molecule has 35 heavy (non-hydrogen) atoms. The Labute approximate surface area is 228 Å². The average molecular weight is 532 g/mol. The van der Waals surface area contributed by atoms with E-state index in [-0.39, 0.29) is 82.9 Å². The smallest absolute Gasteiger partial charge is 0.543 e. The van der Waals surface area contributed by atoms with E-state index in [2.05, 4.69) is 25.5 Å². The van der Waals surface area contributed by atoms with Crippen LogP contribution in [0.15, 0.2) is 26.9 Å². The molecule has 0 radical (unpaired) electrons. The molecule has 0 saturated carbocycles. The van der Waals surface area contributed by atoms with Crippen LogP contribution in [0.5, 0.6) is 0 Å². The number of aromatic nitrogens is 1. The minimum atomic E-state index is -1.60. The third-order valence-electron chi connectivity index (χ3n) is 4.46. The summed E-state index contributed by atoms with van der Waals surface area (Å²) in [6, 6.07) is -1.06. The number of carboxylic acids is 1. The molecule has 1 aromatic rings. The topological polar surface area (TPSA) is 225 Å². The quantitative estimate of drug-likeness (QED) is 0.0339. The van der Waals surface area contributed by atoms with Gasteiger partial charge in [-0.1, -0.05) is 10.3 Å². The molecule has 1 aromatic heterocycles. The van der Waals surface area contributed by atoms with Gasteiger partial charge in [0.15, 0.2) is 10.8 Å². The van der Waals surface area contributed by atoms with E-state index in [1.165, 1.54) is 24.1 Å². The summed E-state index contributed by atoms with van der Waals surface area (Å²) in [4.78, 5) is 60.9. The number of carboxylic acid groups (broad SMARTS) is 1. The Hall–Kier alpha value is -2.82. The van der Waals surface area contributed by atoms with Crippen LogP contribution in [0.2, 0.25) is 0 Å². The van der Waals surface area contributed by atoms with Crippen LogP contribution in [-0.2, 0) is 28.8 Å². The fraction of sp³-hybridized carbons (Fsp3) is 0.412. The van der Waals surface area contributed by atoms with Crippen LogP contribution in [-0.4, -0.2) is 76.3 Å². The SMILES string of the molecule is CC(=O)OCC1=C(C(=O)[O-])N2C(=O)C(NC(=O)C(=NOCCN=[N+]=[N-])c3csc(N)n3)[C@H]2SC1.[Na+]. The Morgan fingerprint density at radius 2 is 2.20 bits per heavy atom. The van der Waals surface area contributed by atoms with Crippen molar-refractivity contribution in [1.82, 2.24) is 15.2 Å². The molecule has 3 heterocycles. The van der Waals surface area contributed by atoms with Gasteiger partial charge in [-0.15, -0.1) is 23.1 Å². The summed E-state index contributed by atoms with van der Waals surface area (Å²) in [5, 5.41) is 22.1. The number of fused-ring (bicyclic) bond motifs is 1. The zero-order valence-electron chi connectivity index (χ0n) is 18.5. The predicted molar refractivity (Wildman–Crippen MR) is 117 cm³/mol. The van der Waals surface area contributed by atoms with Gasteiger partial charge in [-0.05, 0) is 5.53 Å². The first-order valence-electron chi connectivity index (χ1n) is 9.49. The molecule has 15 nitrogen and oxygen atoms in total. The summed E-state index contributed by atoms with van der Waals surface area (Å²) in [6.07, 6.45) is 0. The van der Waals surface area contributed by atoms with Gasteiger partial charge in [0, 0.05) is 28.5 Å². The summed E-state index contributed by atoms with van der Waals surface area (Å²) in [5.41, 5.74) is 13.6. The number of nitrogens with one attached hydrogen (secondary N) is 1. The van der Waals surface area contributed by atoms with E-state index in [4.69, 9.17) is 20.8 Å². The Kier molecular flexibility index (Phi) is 10.4. The van der Waals surface area contributed by atoms with Crippen LogP contribution in [0.4, 0.5) is 5.13 Å². The van der Waals surface area contributed by atoms with Crippen LogP contribution in [0, 0.1) is 0 Å². The van der Waals surface area contributed by atoms with Crippen LogP contribution in [0.25, 0.3) is 10.4 Å². The van der Waals surface area contributed by atoms with Gasteiger partial charge in [0.2, 0.25) is 0 Å².